The lowest BCUT2D eigenvalue weighted by atomic mass is 10.0. The molecule has 0 radical (unpaired) electrons. The van der Waals surface area contributed by atoms with Crippen molar-refractivity contribution in [2.75, 3.05) is 26.8 Å². The Kier molecular flexibility index (Phi) is 6.61. The predicted octanol–water partition coefficient (Wildman–Crippen LogP) is 2.26. The molecule has 1 rings (SSSR count). The van der Waals surface area contributed by atoms with Crippen LogP contribution in [0, 0.1) is 12.8 Å². The first-order valence-corrected chi connectivity index (χ1v) is 6.74. The van der Waals surface area contributed by atoms with Gasteiger partial charge in [0.15, 0.2) is 0 Å². The maximum Gasteiger partial charge on any atom is 0.0931 e. The minimum atomic E-state index is 0.683. The molecule has 0 amide bonds. The molecule has 0 fully saturated rings. The van der Waals surface area contributed by atoms with E-state index >= 15 is 0 Å². The summed E-state index contributed by atoms with van der Waals surface area (Å²) < 4.78 is 5.01. The van der Waals surface area contributed by atoms with Gasteiger partial charge in [-0.05, 0) is 19.4 Å². The number of methoxy groups -OCH3 is 1. The summed E-state index contributed by atoms with van der Waals surface area (Å²) in [6.07, 6.45) is 2.29. The molecule has 3 nitrogen and oxygen atoms in total. The zero-order chi connectivity index (χ0) is 11.8. The Balaban J connectivity index is 2.26. The van der Waals surface area contributed by atoms with Crippen LogP contribution in [0.1, 0.15) is 24.0 Å². The molecule has 0 aromatic carbocycles. The number of ether oxygens (including phenoxy) is 1. The number of nitrogens with one attached hydrogen (secondary N) is 1. The van der Waals surface area contributed by atoms with Gasteiger partial charge in [-0.15, -0.1) is 11.3 Å². The monoisotopic (exact) mass is 242 g/mol. The fourth-order valence-corrected chi connectivity index (χ4v) is 2.47. The number of hydrogen-bond acceptors (Lipinski definition) is 4. The van der Waals surface area contributed by atoms with Crippen LogP contribution in [0.25, 0.3) is 0 Å². The second kappa shape index (κ2) is 7.76. The summed E-state index contributed by atoms with van der Waals surface area (Å²) in [6.45, 7) is 7.07. The third-order valence-electron chi connectivity index (χ3n) is 2.62. The molecule has 0 bridgehead atoms. The summed E-state index contributed by atoms with van der Waals surface area (Å²) in [4.78, 5) is 4.51. The predicted molar refractivity (Wildman–Crippen MR) is 69.1 cm³/mol. The van der Waals surface area contributed by atoms with Gasteiger partial charge in [0.1, 0.15) is 0 Å². The Hall–Kier alpha value is -0.450. The van der Waals surface area contributed by atoms with Gasteiger partial charge in [0.2, 0.25) is 0 Å². The molecule has 0 saturated heterocycles. The zero-order valence-corrected chi connectivity index (χ0v) is 11.3. The van der Waals surface area contributed by atoms with E-state index in [2.05, 4.69) is 29.5 Å². The van der Waals surface area contributed by atoms with E-state index in [1.54, 1.807) is 18.4 Å². The molecular weight excluding hydrogens is 220 g/mol. The highest BCUT2D eigenvalue weighted by Gasteiger charge is 2.09. The molecule has 0 aliphatic rings. The largest absolute Gasteiger partial charge is 0.383 e. The van der Waals surface area contributed by atoms with Crippen molar-refractivity contribution in [2.24, 2.45) is 5.92 Å². The van der Waals surface area contributed by atoms with Crippen LogP contribution in [0.15, 0.2) is 5.38 Å². The van der Waals surface area contributed by atoms with Crippen molar-refractivity contribution in [1.29, 1.82) is 0 Å². The molecule has 1 atom stereocenters. The van der Waals surface area contributed by atoms with Gasteiger partial charge in [-0.3, -0.25) is 0 Å². The molecule has 0 aliphatic carbocycles. The second-order valence-corrected chi connectivity index (χ2v) is 5.00. The van der Waals surface area contributed by atoms with Crippen LogP contribution in [-0.4, -0.2) is 31.8 Å². The van der Waals surface area contributed by atoms with Crippen LogP contribution >= 0.6 is 11.3 Å². The normalized spacial score (nSPS) is 12.9. The SMILES string of the molecule is CCC(CNCCOC)Cc1nc(C)cs1. The third kappa shape index (κ3) is 5.05. The number of aromatic nitrogens is 1. The Morgan fingerprint density at radius 1 is 1.56 bits per heavy atom. The molecule has 0 spiro atoms. The topological polar surface area (TPSA) is 34.1 Å². The summed E-state index contributed by atoms with van der Waals surface area (Å²) in [5.74, 6) is 0.683. The van der Waals surface area contributed by atoms with Crippen molar-refractivity contribution in [1.82, 2.24) is 10.3 Å². The lowest BCUT2D eigenvalue weighted by Crippen LogP contribution is -2.26. The van der Waals surface area contributed by atoms with Gasteiger partial charge in [-0.25, -0.2) is 4.98 Å². The molecule has 1 heterocycles. The highest BCUT2D eigenvalue weighted by atomic mass is 32.1. The fourth-order valence-electron chi connectivity index (χ4n) is 1.58. The van der Waals surface area contributed by atoms with Crippen LogP contribution in [0.3, 0.4) is 0 Å². The van der Waals surface area contributed by atoms with Gasteiger partial charge in [-0.2, -0.15) is 0 Å². The van der Waals surface area contributed by atoms with Gasteiger partial charge >= 0.3 is 0 Å². The van der Waals surface area contributed by atoms with Gasteiger partial charge in [0.05, 0.1) is 11.6 Å². The first-order valence-electron chi connectivity index (χ1n) is 5.87. The Morgan fingerprint density at radius 2 is 2.38 bits per heavy atom. The van der Waals surface area contributed by atoms with E-state index in [1.807, 2.05) is 0 Å². The minimum absolute atomic E-state index is 0.683. The molecule has 0 saturated carbocycles. The van der Waals surface area contributed by atoms with E-state index in [0.29, 0.717) is 5.92 Å². The average molecular weight is 242 g/mol. The van der Waals surface area contributed by atoms with Crippen molar-refractivity contribution < 1.29 is 4.74 Å². The molecule has 1 N–H and O–H groups in total. The number of aryl methyl sites for hydroxylation is 1. The molecule has 1 aromatic rings. The molecule has 92 valence electrons. The maximum absolute atomic E-state index is 5.01. The van der Waals surface area contributed by atoms with Gasteiger partial charge in [-0.1, -0.05) is 13.3 Å². The highest BCUT2D eigenvalue weighted by Crippen LogP contribution is 2.15. The first kappa shape index (κ1) is 13.6. The van der Waals surface area contributed by atoms with Crippen molar-refractivity contribution in [3.8, 4) is 0 Å². The molecular formula is C12H22N2OS. The van der Waals surface area contributed by atoms with E-state index < -0.39 is 0 Å². The third-order valence-corrected chi connectivity index (χ3v) is 3.61. The molecule has 1 aromatic heterocycles. The lowest BCUT2D eigenvalue weighted by molar-refractivity contribution is 0.197. The summed E-state index contributed by atoms with van der Waals surface area (Å²) in [6, 6.07) is 0. The summed E-state index contributed by atoms with van der Waals surface area (Å²) in [7, 11) is 1.73. The number of rotatable bonds is 8. The molecule has 16 heavy (non-hydrogen) atoms. The quantitative estimate of drug-likeness (QED) is 0.710. The summed E-state index contributed by atoms with van der Waals surface area (Å²) >= 11 is 1.77. The Morgan fingerprint density at radius 3 is 2.94 bits per heavy atom. The summed E-state index contributed by atoms with van der Waals surface area (Å²) in [5, 5.41) is 6.80. The van der Waals surface area contributed by atoms with Crippen molar-refractivity contribution in [2.45, 2.75) is 26.7 Å². The molecule has 4 heteroatoms. The van der Waals surface area contributed by atoms with Gasteiger partial charge < -0.3 is 10.1 Å². The summed E-state index contributed by atoms with van der Waals surface area (Å²) in [5.41, 5.74) is 1.14. The lowest BCUT2D eigenvalue weighted by Gasteiger charge is -2.14. The first-order chi connectivity index (χ1) is 7.76. The smallest absolute Gasteiger partial charge is 0.0931 e. The van der Waals surface area contributed by atoms with Crippen molar-refractivity contribution >= 4 is 11.3 Å². The number of thiazole rings is 1. The van der Waals surface area contributed by atoms with E-state index in [0.717, 1.165) is 31.8 Å². The standard InChI is InChI=1S/C12H22N2OS/c1-4-11(8-13-5-6-15-3)7-12-14-10(2)9-16-12/h9,11,13H,4-8H2,1-3H3. The van der Waals surface area contributed by atoms with Crippen LogP contribution in [-0.2, 0) is 11.2 Å². The van der Waals surface area contributed by atoms with Gasteiger partial charge in [0, 0.05) is 31.1 Å². The molecule has 0 aliphatic heterocycles. The second-order valence-electron chi connectivity index (χ2n) is 4.06. The highest BCUT2D eigenvalue weighted by molar-refractivity contribution is 7.09. The minimum Gasteiger partial charge on any atom is -0.383 e. The average Bonchev–Trinajstić information content (AvgIpc) is 2.68. The van der Waals surface area contributed by atoms with Crippen molar-refractivity contribution in [3.05, 3.63) is 16.1 Å². The Labute approximate surface area is 102 Å². The Bertz CT molecular complexity index is 288. The molecule has 1 unspecified atom stereocenters. The fraction of sp³-hybridized carbons (Fsp3) is 0.750. The number of nitrogens with zero attached hydrogens (tertiary/aromatic N) is 1. The number of hydrogen-bond donors (Lipinski definition) is 1. The van der Waals surface area contributed by atoms with E-state index in [1.165, 1.54) is 11.4 Å². The van der Waals surface area contributed by atoms with Crippen LogP contribution in [0.4, 0.5) is 0 Å². The van der Waals surface area contributed by atoms with E-state index in [9.17, 15) is 0 Å². The van der Waals surface area contributed by atoms with E-state index in [-0.39, 0.29) is 0 Å². The van der Waals surface area contributed by atoms with Crippen molar-refractivity contribution in [3.63, 3.8) is 0 Å². The van der Waals surface area contributed by atoms with Crippen LogP contribution in [0.2, 0.25) is 0 Å². The van der Waals surface area contributed by atoms with E-state index in [4.69, 9.17) is 4.74 Å². The maximum atomic E-state index is 5.01. The van der Waals surface area contributed by atoms with Gasteiger partial charge in [0.25, 0.3) is 0 Å². The van der Waals surface area contributed by atoms with Crippen LogP contribution in [0.5, 0.6) is 0 Å². The van der Waals surface area contributed by atoms with Crippen LogP contribution < -0.4 is 5.32 Å². The zero-order valence-electron chi connectivity index (χ0n) is 10.5.